The van der Waals surface area contributed by atoms with Gasteiger partial charge in [0.1, 0.15) is 0 Å². The van der Waals surface area contributed by atoms with Crippen molar-refractivity contribution in [1.29, 1.82) is 0 Å². The van der Waals surface area contributed by atoms with Crippen LogP contribution in [0.3, 0.4) is 0 Å². The number of anilines is 2. The number of halogens is 1. The van der Waals surface area contributed by atoms with Gasteiger partial charge in [-0.25, -0.2) is 0 Å². The monoisotopic (exact) mass is 331 g/mol. The van der Waals surface area contributed by atoms with Gasteiger partial charge >= 0.3 is 0 Å². The highest BCUT2D eigenvalue weighted by Gasteiger charge is 2.09. The molecule has 6 heteroatoms. The first-order chi connectivity index (χ1) is 11.0. The second-order valence-electron chi connectivity index (χ2n) is 5.08. The van der Waals surface area contributed by atoms with Crippen molar-refractivity contribution in [2.75, 3.05) is 17.2 Å². The first kappa shape index (κ1) is 17.0. The van der Waals surface area contributed by atoms with E-state index in [1.165, 1.54) is 0 Å². The van der Waals surface area contributed by atoms with E-state index in [4.69, 9.17) is 17.3 Å². The summed E-state index contributed by atoms with van der Waals surface area (Å²) in [7, 11) is 0. The lowest BCUT2D eigenvalue weighted by atomic mass is 10.1. The Balaban J connectivity index is 2.09. The first-order valence-electron chi connectivity index (χ1n) is 7.17. The molecule has 0 aliphatic carbocycles. The molecule has 2 amide bonds. The van der Waals surface area contributed by atoms with Crippen LogP contribution in [0.4, 0.5) is 11.4 Å². The van der Waals surface area contributed by atoms with E-state index in [0.717, 1.165) is 5.56 Å². The highest BCUT2D eigenvalue weighted by atomic mass is 35.5. The van der Waals surface area contributed by atoms with E-state index in [-0.39, 0.29) is 18.2 Å². The number of amides is 2. The molecule has 0 atom stereocenters. The molecule has 0 aliphatic heterocycles. The highest BCUT2D eigenvalue weighted by molar-refractivity contribution is 6.31. The van der Waals surface area contributed by atoms with Crippen LogP contribution in [0.2, 0.25) is 5.02 Å². The van der Waals surface area contributed by atoms with Crippen LogP contribution < -0.4 is 16.4 Å². The van der Waals surface area contributed by atoms with Gasteiger partial charge in [0.15, 0.2) is 0 Å². The number of carbonyl (C=O) groups excluding carboxylic acids is 2. The summed E-state index contributed by atoms with van der Waals surface area (Å²) in [5, 5.41) is 6.09. The maximum Gasteiger partial charge on any atom is 0.255 e. The molecule has 0 aromatic heterocycles. The maximum atomic E-state index is 12.2. The Morgan fingerprint density at radius 2 is 1.91 bits per heavy atom. The molecule has 120 valence electrons. The summed E-state index contributed by atoms with van der Waals surface area (Å²) in [5.74, 6) is -0.377. The molecular weight excluding hydrogens is 314 g/mol. The van der Waals surface area contributed by atoms with Gasteiger partial charge in [0.05, 0.1) is 0 Å². The normalized spacial score (nSPS) is 10.2. The van der Waals surface area contributed by atoms with Crippen molar-refractivity contribution < 1.29 is 9.59 Å². The van der Waals surface area contributed by atoms with E-state index in [9.17, 15) is 9.59 Å². The van der Waals surface area contributed by atoms with E-state index >= 15 is 0 Å². The summed E-state index contributed by atoms with van der Waals surface area (Å²) in [4.78, 5) is 23.7. The Hall–Kier alpha value is -2.37. The van der Waals surface area contributed by atoms with Crippen molar-refractivity contribution in [1.82, 2.24) is 0 Å². The molecule has 2 aromatic carbocycles. The number of nitrogens with one attached hydrogen (secondary N) is 2. The van der Waals surface area contributed by atoms with Gasteiger partial charge in [-0.15, -0.1) is 0 Å². The Bertz CT molecular complexity index is 732. The number of hydrogen-bond acceptors (Lipinski definition) is 3. The number of rotatable bonds is 5. The highest BCUT2D eigenvalue weighted by Crippen LogP contribution is 2.21. The fourth-order valence-electron chi connectivity index (χ4n) is 2.06. The second-order valence-corrected chi connectivity index (χ2v) is 5.52. The van der Waals surface area contributed by atoms with E-state index in [0.29, 0.717) is 28.5 Å². The molecule has 0 spiro atoms. The van der Waals surface area contributed by atoms with Crippen molar-refractivity contribution >= 4 is 34.8 Å². The zero-order valence-electron chi connectivity index (χ0n) is 12.7. The quantitative estimate of drug-likeness (QED) is 0.786. The molecule has 0 heterocycles. The van der Waals surface area contributed by atoms with Crippen molar-refractivity contribution in [3.05, 3.63) is 58.6 Å². The third-order valence-electron chi connectivity index (χ3n) is 3.22. The molecule has 5 nitrogen and oxygen atoms in total. The van der Waals surface area contributed by atoms with Gasteiger partial charge in [-0.2, -0.15) is 0 Å². The Morgan fingerprint density at radius 3 is 2.57 bits per heavy atom. The number of aryl methyl sites for hydroxylation is 1. The van der Waals surface area contributed by atoms with Crippen molar-refractivity contribution in [2.24, 2.45) is 5.73 Å². The van der Waals surface area contributed by atoms with E-state index in [1.807, 2.05) is 6.92 Å². The summed E-state index contributed by atoms with van der Waals surface area (Å²) < 4.78 is 0. The maximum absolute atomic E-state index is 12.2. The topological polar surface area (TPSA) is 84.2 Å². The van der Waals surface area contributed by atoms with Gasteiger partial charge in [-0.1, -0.05) is 17.7 Å². The molecule has 0 unspecified atom stereocenters. The average molecular weight is 332 g/mol. The van der Waals surface area contributed by atoms with Gasteiger partial charge < -0.3 is 16.4 Å². The van der Waals surface area contributed by atoms with Crippen LogP contribution in [0.1, 0.15) is 22.3 Å². The Morgan fingerprint density at radius 1 is 1.13 bits per heavy atom. The fraction of sp³-hybridized carbons (Fsp3) is 0.176. The number of hydrogen-bond donors (Lipinski definition) is 3. The molecule has 0 fully saturated rings. The third kappa shape index (κ3) is 4.81. The van der Waals surface area contributed by atoms with Gasteiger partial charge in [-0.3, -0.25) is 9.59 Å². The van der Waals surface area contributed by atoms with Crippen LogP contribution in [0, 0.1) is 6.92 Å². The molecule has 4 N–H and O–H groups in total. The fourth-order valence-corrected chi connectivity index (χ4v) is 2.25. The van der Waals surface area contributed by atoms with Crippen LogP contribution >= 0.6 is 11.6 Å². The smallest absolute Gasteiger partial charge is 0.255 e. The molecule has 2 aromatic rings. The third-order valence-corrected chi connectivity index (χ3v) is 3.45. The van der Waals surface area contributed by atoms with Crippen LogP contribution in [0.25, 0.3) is 0 Å². The Labute approximate surface area is 139 Å². The van der Waals surface area contributed by atoms with Crippen LogP contribution in [-0.2, 0) is 4.79 Å². The predicted molar refractivity (Wildman–Crippen MR) is 92.9 cm³/mol. The van der Waals surface area contributed by atoms with Crippen molar-refractivity contribution in [3.8, 4) is 0 Å². The lowest BCUT2D eigenvalue weighted by Gasteiger charge is -2.11. The average Bonchev–Trinajstić information content (AvgIpc) is 2.50. The standard InChI is InChI=1S/C17H18ClN3O2/c1-11-9-14(20-16(22)7-8-19)5-6-15(11)21-17(23)12-3-2-4-13(18)10-12/h2-6,9-10H,7-8,19H2,1H3,(H,20,22)(H,21,23). The van der Waals surface area contributed by atoms with Crippen molar-refractivity contribution in [3.63, 3.8) is 0 Å². The molecule has 2 rings (SSSR count). The summed E-state index contributed by atoms with van der Waals surface area (Å²) in [5.41, 5.74) is 8.00. The Kier molecular flexibility index (Phi) is 5.73. The lowest BCUT2D eigenvalue weighted by Crippen LogP contribution is -2.16. The van der Waals surface area contributed by atoms with Gasteiger partial charge in [0.25, 0.3) is 5.91 Å². The zero-order valence-corrected chi connectivity index (χ0v) is 13.5. The van der Waals surface area contributed by atoms with Crippen LogP contribution in [0.15, 0.2) is 42.5 Å². The molecular formula is C17H18ClN3O2. The van der Waals surface area contributed by atoms with Crippen molar-refractivity contribution in [2.45, 2.75) is 13.3 Å². The zero-order chi connectivity index (χ0) is 16.8. The summed E-state index contributed by atoms with van der Waals surface area (Å²) >= 11 is 5.89. The summed E-state index contributed by atoms with van der Waals surface area (Å²) in [6.45, 7) is 2.16. The first-order valence-corrected chi connectivity index (χ1v) is 7.55. The van der Waals surface area contributed by atoms with E-state index in [2.05, 4.69) is 10.6 Å². The van der Waals surface area contributed by atoms with Crippen LogP contribution in [-0.4, -0.2) is 18.4 Å². The molecule has 0 radical (unpaired) electrons. The minimum absolute atomic E-state index is 0.136. The summed E-state index contributed by atoms with van der Waals surface area (Å²) in [6.07, 6.45) is 0.270. The molecule has 0 aliphatic rings. The molecule has 0 saturated carbocycles. The molecule has 0 bridgehead atoms. The number of carbonyl (C=O) groups is 2. The second kappa shape index (κ2) is 7.76. The van der Waals surface area contributed by atoms with Gasteiger partial charge in [-0.05, 0) is 48.9 Å². The molecule has 0 saturated heterocycles. The van der Waals surface area contributed by atoms with Crippen LogP contribution in [0.5, 0.6) is 0 Å². The summed E-state index contributed by atoms with van der Waals surface area (Å²) in [6, 6.07) is 12.0. The van der Waals surface area contributed by atoms with E-state index in [1.54, 1.807) is 42.5 Å². The number of nitrogens with two attached hydrogens (primary N) is 1. The largest absolute Gasteiger partial charge is 0.330 e. The number of benzene rings is 2. The minimum Gasteiger partial charge on any atom is -0.330 e. The molecule has 23 heavy (non-hydrogen) atoms. The minimum atomic E-state index is -0.240. The van der Waals surface area contributed by atoms with Gasteiger partial charge in [0, 0.05) is 34.9 Å². The SMILES string of the molecule is Cc1cc(NC(=O)CCN)ccc1NC(=O)c1cccc(Cl)c1. The predicted octanol–water partition coefficient (Wildman–Crippen LogP) is 3.19. The lowest BCUT2D eigenvalue weighted by molar-refractivity contribution is -0.116. The van der Waals surface area contributed by atoms with E-state index < -0.39 is 0 Å². The van der Waals surface area contributed by atoms with Gasteiger partial charge in [0.2, 0.25) is 5.91 Å².